The van der Waals surface area contributed by atoms with Crippen LogP contribution in [-0.2, 0) is 6.42 Å². The molecule has 3 heteroatoms. The fraction of sp³-hybridized carbons (Fsp3) is 0.0833. The maximum atomic E-state index is 13.3. The molecule has 0 unspecified atom stereocenters. The molecule has 2 aromatic rings. The van der Waals surface area contributed by atoms with Crippen LogP contribution >= 0.6 is 0 Å². The SMILES string of the molecule is [CH2]Cc1c(F)c(F)c(F)c2ccccc12. The van der Waals surface area contributed by atoms with Gasteiger partial charge in [0.1, 0.15) is 0 Å². The van der Waals surface area contributed by atoms with Gasteiger partial charge in [-0.3, -0.25) is 0 Å². The van der Waals surface area contributed by atoms with Gasteiger partial charge in [0.2, 0.25) is 0 Å². The van der Waals surface area contributed by atoms with Gasteiger partial charge in [-0.25, -0.2) is 13.2 Å². The molecule has 0 aliphatic heterocycles. The van der Waals surface area contributed by atoms with E-state index >= 15 is 0 Å². The van der Waals surface area contributed by atoms with E-state index in [1.807, 2.05) is 0 Å². The Hall–Kier alpha value is -1.51. The minimum absolute atomic E-state index is 0.0869. The molecule has 0 bridgehead atoms. The third-order valence-corrected chi connectivity index (χ3v) is 2.39. The van der Waals surface area contributed by atoms with E-state index in [0.717, 1.165) is 0 Å². The molecule has 0 nitrogen and oxygen atoms in total. The highest BCUT2D eigenvalue weighted by Gasteiger charge is 2.18. The first-order valence-corrected chi connectivity index (χ1v) is 4.50. The predicted molar refractivity (Wildman–Crippen MR) is 52.9 cm³/mol. The van der Waals surface area contributed by atoms with Crippen LogP contribution < -0.4 is 0 Å². The van der Waals surface area contributed by atoms with Crippen molar-refractivity contribution in [3.05, 3.63) is 54.2 Å². The van der Waals surface area contributed by atoms with E-state index in [2.05, 4.69) is 6.92 Å². The van der Waals surface area contributed by atoms with E-state index in [0.29, 0.717) is 5.39 Å². The molecule has 1 radical (unpaired) electrons. The van der Waals surface area contributed by atoms with Crippen molar-refractivity contribution in [3.8, 4) is 0 Å². The fourth-order valence-corrected chi connectivity index (χ4v) is 1.65. The monoisotopic (exact) mass is 209 g/mol. The number of rotatable bonds is 1. The molecule has 0 aliphatic carbocycles. The van der Waals surface area contributed by atoms with E-state index in [1.165, 1.54) is 6.07 Å². The number of halogens is 3. The van der Waals surface area contributed by atoms with Crippen molar-refractivity contribution in [2.45, 2.75) is 6.42 Å². The average Bonchev–Trinajstić information content (AvgIpc) is 2.27. The topological polar surface area (TPSA) is 0 Å². The number of hydrogen-bond acceptors (Lipinski definition) is 0. The summed E-state index contributed by atoms with van der Waals surface area (Å²) in [6.07, 6.45) is 0.0869. The lowest BCUT2D eigenvalue weighted by Crippen LogP contribution is -1.99. The lowest BCUT2D eigenvalue weighted by atomic mass is 10.0. The maximum Gasteiger partial charge on any atom is 0.195 e. The van der Waals surface area contributed by atoms with Crippen LogP contribution in [0.3, 0.4) is 0 Å². The summed E-state index contributed by atoms with van der Waals surface area (Å²) in [7, 11) is 0. The first-order valence-electron chi connectivity index (χ1n) is 4.50. The quantitative estimate of drug-likeness (QED) is 0.629. The molecule has 0 spiro atoms. The van der Waals surface area contributed by atoms with Gasteiger partial charge in [0.15, 0.2) is 17.5 Å². The van der Waals surface area contributed by atoms with Crippen LogP contribution in [0, 0.1) is 24.4 Å². The van der Waals surface area contributed by atoms with Gasteiger partial charge in [-0.2, -0.15) is 0 Å². The molecule has 0 fully saturated rings. The molecule has 77 valence electrons. The minimum atomic E-state index is -1.42. The summed E-state index contributed by atoms with van der Waals surface area (Å²) in [6, 6.07) is 6.21. The number of benzene rings is 2. The van der Waals surface area contributed by atoms with Gasteiger partial charge >= 0.3 is 0 Å². The molecule has 0 amide bonds. The van der Waals surface area contributed by atoms with Crippen molar-refractivity contribution >= 4 is 10.8 Å². The third kappa shape index (κ3) is 1.39. The van der Waals surface area contributed by atoms with Gasteiger partial charge in [-0.15, -0.1) is 0 Å². The Morgan fingerprint density at radius 2 is 1.47 bits per heavy atom. The normalized spacial score (nSPS) is 10.9. The summed E-state index contributed by atoms with van der Waals surface area (Å²) < 4.78 is 39.8. The predicted octanol–water partition coefficient (Wildman–Crippen LogP) is 3.63. The van der Waals surface area contributed by atoms with Gasteiger partial charge in [-0.1, -0.05) is 24.3 Å². The maximum absolute atomic E-state index is 13.3. The second kappa shape index (κ2) is 3.57. The lowest BCUT2D eigenvalue weighted by Gasteiger charge is -2.08. The van der Waals surface area contributed by atoms with Crippen molar-refractivity contribution in [1.29, 1.82) is 0 Å². The summed E-state index contributed by atoms with van der Waals surface area (Å²) in [5, 5.41) is 0.471. The lowest BCUT2D eigenvalue weighted by molar-refractivity contribution is 0.449. The van der Waals surface area contributed by atoms with Gasteiger partial charge < -0.3 is 0 Å². The zero-order valence-corrected chi connectivity index (χ0v) is 7.86. The zero-order valence-electron chi connectivity index (χ0n) is 7.86. The largest absolute Gasteiger partial charge is 0.203 e. The van der Waals surface area contributed by atoms with Crippen molar-refractivity contribution in [1.82, 2.24) is 0 Å². The Labute approximate surface area is 85.3 Å². The van der Waals surface area contributed by atoms with Gasteiger partial charge in [0.25, 0.3) is 0 Å². The second-order valence-corrected chi connectivity index (χ2v) is 3.22. The van der Waals surface area contributed by atoms with E-state index in [4.69, 9.17) is 0 Å². The molecule has 2 aromatic carbocycles. The van der Waals surface area contributed by atoms with Crippen LogP contribution in [0.1, 0.15) is 5.56 Å². The molecule has 0 atom stereocenters. The Morgan fingerprint density at radius 1 is 0.867 bits per heavy atom. The van der Waals surface area contributed by atoms with E-state index in [9.17, 15) is 13.2 Å². The Morgan fingerprint density at radius 3 is 2.07 bits per heavy atom. The molecule has 0 N–H and O–H groups in total. The summed E-state index contributed by atoms with van der Waals surface area (Å²) in [6.45, 7) is 3.51. The van der Waals surface area contributed by atoms with E-state index in [1.54, 1.807) is 18.2 Å². The molecule has 0 aromatic heterocycles. The van der Waals surface area contributed by atoms with Crippen LogP contribution in [0.15, 0.2) is 24.3 Å². The van der Waals surface area contributed by atoms with Gasteiger partial charge in [0, 0.05) is 5.39 Å². The highest BCUT2D eigenvalue weighted by molar-refractivity contribution is 5.86. The molecular weight excluding hydrogens is 201 g/mol. The smallest absolute Gasteiger partial charge is 0.195 e. The summed E-state index contributed by atoms with van der Waals surface area (Å²) in [5.41, 5.74) is 0.115. The Kier molecular flexibility index (Phi) is 2.39. The van der Waals surface area contributed by atoms with Crippen molar-refractivity contribution in [2.24, 2.45) is 0 Å². The molecule has 0 aliphatic rings. The Balaban J connectivity index is 2.98. The molecule has 0 heterocycles. The Bertz CT molecular complexity index is 518. The van der Waals surface area contributed by atoms with Gasteiger partial charge in [0.05, 0.1) is 0 Å². The van der Waals surface area contributed by atoms with Crippen LogP contribution in [0.4, 0.5) is 13.2 Å². The fourth-order valence-electron chi connectivity index (χ4n) is 1.65. The highest BCUT2D eigenvalue weighted by atomic mass is 19.2. The molecule has 15 heavy (non-hydrogen) atoms. The van der Waals surface area contributed by atoms with Crippen LogP contribution in [0.2, 0.25) is 0 Å². The van der Waals surface area contributed by atoms with Crippen molar-refractivity contribution in [3.63, 3.8) is 0 Å². The van der Waals surface area contributed by atoms with Crippen molar-refractivity contribution in [2.75, 3.05) is 0 Å². The van der Waals surface area contributed by atoms with E-state index in [-0.39, 0.29) is 17.4 Å². The minimum Gasteiger partial charge on any atom is -0.203 e. The van der Waals surface area contributed by atoms with Gasteiger partial charge in [-0.05, 0) is 24.3 Å². The molecule has 0 saturated carbocycles. The third-order valence-electron chi connectivity index (χ3n) is 2.39. The standard InChI is InChI=1S/C12H8F3/c1-2-7-8-5-3-4-6-9(8)11(14)12(15)10(7)13/h3-6H,1-2H2. The highest BCUT2D eigenvalue weighted by Crippen LogP contribution is 2.27. The number of fused-ring (bicyclic) bond motifs is 1. The van der Waals surface area contributed by atoms with Crippen LogP contribution in [0.5, 0.6) is 0 Å². The first-order chi connectivity index (χ1) is 7.16. The van der Waals surface area contributed by atoms with Crippen LogP contribution in [-0.4, -0.2) is 0 Å². The average molecular weight is 209 g/mol. The molecule has 0 saturated heterocycles. The van der Waals surface area contributed by atoms with E-state index < -0.39 is 17.5 Å². The summed E-state index contributed by atoms with van der Waals surface area (Å²) >= 11 is 0. The van der Waals surface area contributed by atoms with Crippen molar-refractivity contribution < 1.29 is 13.2 Å². The number of hydrogen-bond donors (Lipinski definition) is 0. The molecular formula is C12H8F3. The second-order valence-electron chi connectivity index (χ2n) is 3.22. The summed E-state index contributed by atoms with van der Waals surface area (Å²) in [5.74, 6) is -3.70. The van der Waals surface area contributed by atoms with Crippen LogP contribution in [0.25, 0.3) is 10.8 Å². The zero-order chi connectivity index (χ0) is 11.0. The first kappa shape index (κ1) is 10.0. The summed E-state index contributed by atoms with van der Waals surface area (Å²) in [4.78, 5) is 0. The molecule has 2 rings (SSSR count).